The Bertz CT molecular complexity index is 856. The Hall–Kier alpha value is -1.89. The number of benzene rings is 1. The molecule has 124 valence electrons. The van der Waals surface area contributed by atoms with Gasteiger partial charge in [0.2, 0.25) is 0 Å². The molecule has 3 aromatic rings. The topological polar surface area (TPSA) is 56.1 Å². The van der Waals surface area contributed by atoms with Gasteiger partial charge >= 0.3 is 0 Å². The molecule has 0 saturated carbocycles. The lowest BCUT2D eigenvalue weighted by Crippen LogP contribution is -2.36. The molecule has 0 N–H and O–H groups in total. The number of fused-ring (bicyclic) bond motifs is 1. The van der Waals surface area contributed by atoms with Crippen molar-refractivity contribution < 1.29 is 4.74 Å². The maximum Gasteiger partial charge on any atom is 0.165 e. The first-order valence-corrected chi connectivity index (χ1v) is 8.41. The molecular formula is C16H15Cl2N5O. The summed E-state index contributed by atoms with van der Waals surface area (Å²) >= 11 is 12.6. The van der Waals surface area contributed by atoms with E-state index < -0.39 is 0 Å². The van der Waals surface area contributed by atoms with E-state index in [-0.39, 0.29) is 0 Å². The molecule has 0 bridgehead atoms. The van der Waals surface area contributed by atoms with E-state index in [1.165, 1.54) is 0 Å². The minimum Gasteiger partial charge on any atom is -0.378 e. The number of morpholine rings is 1. The van der Waals surface area contributed by atoms with Crippen LogP contribution in [0.15, 0.2) is 30.9 Å². The highest BCUT2D eigenvalue weighted by Gasteiger charge is 2.19. The number of imidazole rings is 1. The number of halogens is 2. The highest BCUT2D eigenvalue weighted by molar-refractivity contribution is 6.36. The van der Waals surface area contributed by atoms with Crippen LogP contribution in [0.2, 0.25) is 10.0 Å². The molecule has 2 aromatic heterocycles. The first kappa shape index (κ1) is 15.6. The summed E-state index contributed by atoms with van der Waals surface area (Å²) in [5, 5.41) is 1.26. The molecule has 0 spiro atoms. The van der Waals surface area contributed by atoms with Crippen molar-refractivity contribution in [3.63, 3.8) is 0 Å². The first-order valence-electron chi connectivity index (χ1n) is 7.65. The molecule has 1 aliphatic heterocycles. The summed E-state index contributed by atoms with van der Waals surface area (Å²) in [7, 11) is 0. The van der Waals surface area contributed by atoms with Crippen molar-refractivity contribution in [2.75, 3.05) is 31.2 Å². The minimum absolute atomic E-state index is 0.509. The van der Waals surface area contributed by atoms with E-state index in [0.29, 0.717) is 29.8 Å². The normalized spacial score (nSPS) is 15.2. The molecule has 1 aromatic carbocycles. The average molecular weight is 364 g/mol. The lowest BCUT2D eigenvalue weighted by Gasteiger charge is -2.27. The van der Waals surface area contributed by atoms with Gasteiger partial charge in [-0.05, 0) is 12.1 Å². The van der Waals surface area contributed by atoms with Crippen molar-refractivity contribution in [2.24, 2.45) is 0 Å². The average Bonchev–Trinajstić information content (AvgIpc) is 3.02. The molecule has 24 heavy (non-hydrogen) atoms. The molecule has 1 aliphatic rings. The third-order valence-corrected chi connectivity index (χ3v) is 4.79. The molecule has 6 nitrogen and oxygen atoms in total. The molecule has 0 atom stereocenters. The third-order valence-electron chi connectivity index (χ3n) is 4.08. The fourth-order valence-electron chi connectivity index (χ4n) is 2.84. The number of rotatable bonds is 3. The maximum atomic E-state index is 6.28. The lowest BCUT2D eigenvalue weighted by molar-refractivity contribution is 0.122. The predicted molar refractivity (Wildman–Crippen MR) is 93.9 cm³/mol. The second-order valence-corrected chi connectivity index (χ2v) is 6.36. The number of nitrogens with zero attached hydrogens (tertiary/aromatic N) is 5. The summed E-state index contributed by atoms with van der Waals surface area (Å²) in [5.74, 6) is 0.840. The van der Waals surface area contributed by atoms with Gasteiger partial charge in [-0.3, -0.25) is 0 Å². The Morgan fingerprint density at radius 3 is 2.54 bits per heavy atom. The van der Waals surface area contributed by atoms with E-state index in [1.54, 1.807) is 12.7 Å². The molecule has 1 saturated heterocycles. The van der Waals surface area contributed by atoms with Crippen LogP contribution in [0.1, 0.15) is 5.56 Å². The first-order chi connectivity index (χ1) is 11.7. The van der Waals surface area contributed by atoms with Gasteiger partial charge in [0.1, 0.15) is 6.33 Å². The second-order valence-electron chi connectivity index (χ2n) is 5.54. The molecule has 0 unspecified atom stereocenters. The summed E-state index contributed by atoms with van der Waals surface area (Å²) in [6.07, 6.45) is 3.32. The zero-order chi connectivity index (χ0) is 16.5. The van der Waals surface area contributed by atoms with Crippen LogP contribution in [0.3, 0.4) is 0 Å². The molecule has 0 aliphatic carbocycles. The van der Waals surface area contributed by atoms with Crippen LogP contribution in [-0.2, 0) is 11.3 Å². The van der Waals surface area contributed by atoms with Crippen molar-refractivity contribution in [1.82, 2.24) is 19.5 Å². The third kappa shape index (κ3) is 2.81. The van der Waals surface area contributed by atoms with E-state index >= 15 is 0 Å². The van der Waals surface area contributed by atoms with Crippen LogP contribution in [0, 0.1) is 0 Å². The van der Waals surface area contributed by atoms with Gasteiger partial charge < -0.3 is 14.2 Å². The molecule has 4 rings (SSSR count). The van der Waals surface area contributed by atoms with Crippen molar-refractivity contribution in [1.29, 1.82) is 0 Å². The largest absolute Gasteiger partial charge is 0.378 e. The van der Waals surface area contributed by atoms with Gasteiger partial charge in [-0.2, -0.15) is 0 Å². The summed E-state index contributed by atoms with van der Waals surface area (Å²) in [4.78, 5) is 15.5. The van der Waals surface area contributed by atoms with Gasteiger partial charge in [0.15, 0.2) is 17.0 Å². The molecule has 3 heterocycles. The second kappa shape index (κ2) is 6.55. The highest BCUT2D eigenvalue weighted by atomic mass is 35.5. The van der Waals surface area contributed by atoms with Crippen LogP contribution in [0.4, 0.5) is 5.82 Å². The quantitative estimate of drug-likeness (QED) is 0.715. The van der Waals surface area contributed by atoms with Crippen molar-refractivity contribution in [3.05, 3.63) is 46.5 Å². The van der Waals surface area contributed by atoms with E-state index in [9.17, 15) is 0 Å². The van der Waals surface area contributed by atoms with Gasteiger partial charge in [-0.25, -0.2) is 15.0 Å². The van der Waals surface area contributed by atoms with Crippen LogP contribution < -0.4 is 4.90 Å². The van der Waals surface area contributed by atoms with Gasteiger partial charge in [0.25, 0.3) is 0 Å². The summed E-state index contributed by atoms with van der Waals surface area (Å²) in [5.41, 5.74) is 2.40. The molecule has 8 heteroatoms. The summed E-state index contributed by atoms with van der Waals surface area (Å²) in [6, 6.07) is 5.49. The Balaban J connectivity index is 1.73. The van der Waals surface area contributed by atoms with Gasteiger partial charge in [-0.15, -0.1) is 0 Å². The predicted octanol–water partition coefficient (Wildman–Crippen LogP) is 3.02. The number of ether oxygens (including phenoxy) is 1. The zero-order valence-electron chi connectivity index (χ0n) is 12.8. The van der Waals surface area contributed by atoms with E-state index in [4.69, 9.17) is 27.9 Å². The Kier molecular flexibility index (Phi) is 4.26. The highest BCUT2D eigenvalue weighted by Crippen LogP contribution is 2.27. The Morgan fingerprint density at radius 1 is 1.04 bits per heavy atom. The van der Waals surface area contributed by atoms with E-state index in [1.807, 2.05) is 22.8 Å². The lowest BCUT2D eigenvalue weighted by atomic mass is 10.2. The Morgan fingerprint density at radius 2 is 1.79 bits per heavy atom. The summed E-state index contributed by atoms with van der Waals surface area (Å²) in [6.45, 7) is 3.50. The van der Waals surface area contributed by atoms with Crippen molar-refractivity contribution in [3.8, 4) is 0 Å². The fraction of sp³-hybridized carbons (Fsp3) is 0.312. The Labute approximate surface area is 149 Å². The van der Waals surface area contributed by atoms with E-state index in [0.717, 1.165) is 35.6 Å². The van der Waals surface area contributed by atoms with Gasteiger partial charge in [0, 0.05) is 28.7 Å². The standard InChI is InChI=1S/C16H15Cl2N5O/c17-12-2-1-3-13(18)11(12)8-23-10-21-14-15(19-9-20-16(14)23)22-4-6-24-7-5-22/h1-3,9-10H,4-8H2. The number of anilines is 1. The van der Waals surface area contributed by atoms with Crippen LogP contribution in [0.5, 0.6) is 0 Å². The number of hydrogen-bond donors (Lipinski definition) is 0. The van der Waals surface area contributed by atoms with Crippen LogP contribution >= 0.6 is 23.2 Å². The monoisotopic (exact) mass is 363 g/mol. The summed E-state index contributed by atoms with van der Waals surface area (Å²) < 4.78 is 7.34. The van der Waals surface area contributed by atoms with Gasteiger partial charge in [0.05, 0.1) is 26.1 Å². The number of aromatic nitrogens is 4. The van der Waals surface area contributed by atoms with Crippen LogP contribution in [0.25, 0.3) is 11.2 Å². The minimum atomic E-state index is 0.509. The zero-order valence-corrected chi connectivity index (χ0v) is 14.3. The molecule has 0 amide bonds. The van der Waals surface area contributed by atoms with Crippen molar-refractivity contribution >= 4 is 40.2 Å². The van der Waals surface area contributed by atoms with Crippen molar-refractivity contribution in [2.45, 2.75) is 6.54 Å². The molecule has 1 fully saturated rings. The van der Waals surface area contributed by atoms with Crippen LogP contribution in [-0.4, -0.2) is 45.8 Å². The number of hydrogen-bond acceptors (Lipinski definition) is 5. The molecule has 0 radical (unpaired) electrons. The van der Waals surface area contributed by atoms with E-state index in [2.05, 4.69) is 19.9 Å². The molecular weight excluding hydrogens is 349 g/mol. The van der Waals surface area contributed by atoms with Gasteiger partial charge in [-0.1, -0.05) is 29.3 Å². The fourth-order valence-corrected chi connectivity index (χ4v) is 3.36. The SMILES string of the molecule is Clc1cccc(Cl)c1Cn1cnc2c(N3CCOCC3)ncnc21. The maximum absolute atomic E-state index is 6.28. The smallest absolute Gasteiger partial charge is 0.165 e.